The van der Waals surface area contributed by atoms with Gasteiger partial charge in [0, 0.05) is 37.9 Å². The van der Waals surface area contributed by atoms with E-state index in [1.54, 1.807) is 0 Å². The summed E-state index contributed by atoms with van der Waals surface area (Å²) in [7, 11) is -4.32. The van der Waals surface area contributed by atoms with Crippen molar-refractivity contribution in [1.29, 1.82) is 0 Å². The predicted octanol–water partition coefficient (Wildman–Crippen LogP) is 4.22. The third-order valence-electron chi connectivity index (χ3n) is 5.40. The maximum atomic E-state index is 13.8. The largest absolute Gasteiger partial charge is 0.477 e. The molecule has 1 unspecified atom stereocenters. The SMILES string of the molecule is O=C(COc1ccc(S(=O)C(F)(F)C(F)(F)C(F)(F)F)cc1[N+](=O)[O-])N1CCN(c2ccccc2)CC1. The standard InChI is InChI=1S/C21H18F7N3O5S/c22-19(23,20(24,25)26)21(27,28)37(35)15-6-7-17(16(12-15)31(33)34)36-13-18(32)30-10-8-29(9-11-30)14-4-2-1-3-5-14/h1-7,12H,8-11,13H2. The topological polar surface area (TPSA) is 93.0 Å². The summed E-state index contributed by atoms with van der Waals surface area (Å²) in [6.07, 6.45) is -6.73. The number of piperazine rings is 1. The van der Waals surface area contributed by atoms with Crippen molar-refractivity contribution in [2.75, 3.05) is 37.7 Å². The number of anilines is 1. The first-order valence-corrected chi connectivity index (χ1v) is 11.5. The Morgan fingerprint density at radius 3 is 2.11 bits per heavy atom. The lowest BCUT2D eigenvalue weighted by Gasteiger charge is -2.36. The Balaban J connectivity index is 1.69. The average Bonchev–Trinajstić information content (AvgIpc) is 2.86. The lowest BCUT2D eigenvalue weighted by Crippen LogP contribution is -2.54. The Labute approximate surface area is 207 Å². The molecule has 1 fully saturated rings. The van der Waals surface area contributed by atoms with Crippen molar-refractivity contribution in [3.63, 3.8) is 0 Å². The normalized spacial score (nSPS) is 15.9. The van der Waals surface area contributed by atoms with E-state index in [0.29, 0.717) is 38.3 Å². The van der Waals surface area contributed by atoms with Crippen molar-refractivity contribution < 1.29 is 49.4 Å². The Morgan fingerprint density at radius 1 is 0.973 bits per heavy atom. The molecular weight excluding hydrogens is 539 g/mol. The highest BCUT2D eigenvalue weighted by atomic mass is 32.2. The van der Waals surface area contributed by atoms with Crippen LogP contribution in [0.4, 0.5) is 42.1 Å². The van der Waals surface area contributed by atoms with Gasteiger partial charge in [0.25, 0.3) is 5.91 Å². The van der Waals surface area contributed by atoms with Gasteiger partial charge in [-0.05, 0) is 24.3 Å². The van der Waals surface area contributed by atoms with Crippen LogP contribution in [0.25, 0.3) is 0 Å². The summed E-state index contributed by atoms with van der Waals surface area (Å²) in [4.78, 5) is 24.7. The summed E-state index contributed by atoms with van der Waals surface area (Å²) in [6.45, 7) is 0.885. The second-order valence-electron chi connectivity index (χ2n) is 7.74. The molecule has 1 atom stereocenters. The number of alkyl halides is 7. The third kappa shape index (κ3) is 5.78. The van der Waals surface area contributed by atoms with Crippen LogP contribution in [-0.2, 0) is 15.6 Å². The quantitative estimate of drug-likeness (QED) is 0.274. The average molecular weight is 557 g/mol. The molecule has 0 aromatic heterocycles. The van der Waals surface area contributed by atoms with E-state index in [0.717, 1.165) is 5.69 Å². The molecule has 0 saturated carbocycles. The van der Waals surface area contributed by atoms with Crippen molar-refractivity contribution in [2.24, 2.45) is 0 Å². The number of hydrogen-bond acceptors (Lipinski definition) is 6. The van der Waals surface area contributed by atoms with Gasteiger partial charge in [0.2, 0.25) is 0 Å². The fraction of sp³-hybridized carbons (Fsp3) is 0.381. The van der Waals surface area contributed by atoms with E-state index in [2.05, 4.69) is 0 Å². The number of nitro groups is 1. The van der Waals surface area contributed by atoms with Crippen LogP contribution >= 0.6 is 0 Å². The van der Waals surface area contributed by atoms with Crippen LogP contribution in [0.15, 0.2) is 53.4 Å². The fourth-order valence-corrected chi connectivity index (χ4v) is 4.45. The Morgan fingerprint density at radius 2 is 1.57 bits per heavy atom. The molecule has 202 valence electrons. The molecule has 8 nitrogen and oxygen atoms in total. The van der Waals surface area contributed by atoms with E-state index in [9.17, 15) is 49.9 Å². The number of hydrogen-bond donors (Lipinski definition) is 0. The maximum Gasteiger partial charge on any atom is 0.461 e. The minimum absolute atomic E-state index is 0.134. The van der Waals surface area contributed by atoms with Gasteiger partial charge in [-0.2, -0.15) is 30.7 Å². The number of benzene rings is 2. The predicted molar refractivity (Wildman–Crippen MR) is 116 cm³/mol. The number of carbonyl (C=O) groups is 1. The molecular formula is C21H18F7N3O5S. The molecule has 16 heteroatoms. The van der Waals surface area contributed by atoms with E-state index in [4.69, 9.17) is 4.74 Å². The van der Waals surface area contributed by atoms with Gasteiger partial charge < -0.3 is 14.5 Å². The third-order valence-corrected chi connectivity index (χ3v) is 6.80. The fourth-order valence-electron chi connectivity index (χ4n) is 3.39. The van der Waals surface area contributed by atoms with E-state index in [1.165, 1.54) is 4.90 Å². The first-order valence-electron chi connectivity index (χ1n) is 10.4. The summed E-state index contributed by atoms with van der Waals surface area (Å²) in [5.74, 6) is -7.90. The molecule has 0 spiro atoms. The van der Waals surface area contributed by atoms with Gasteiger partial charge in [0.05, 0.1) is 9.82 Å². The molecule has 0 N–H and O–H groups in total. The minimum atomic E-state index is -6.73. The Bertz CT molecular complexity index is 1170. The number of amides is 1. The van der Waals surface area contributed by atoms with Crippen molar-refractivity contribution in [3.05, 3.63) is 58.6 Å². The number of nitrogens with zero attached hydrogens (tertiary/aromatic N) is 3. The maximum absolute atomic E-state index is 13.8. The summed E-state index contributed by atoms with van der Waals surface area (Å²) in [5.41, 5.74) is -0.198. The molecule has 1 aliphatic rings. The highest BCUT2D eigenvalue weighted by molar-refractivity contribution is 7.86. The number of rotatable bonds is 8. The molecule has 1 heterocycles. The zero-order valence-corrected chi connectivity index (χ0v) is 19.4. The summed E-state index contributed by atoms with van der Waals surface area (Å²) in [5, 5.41) is 5.20. The minimum Gasteiger partial charge on any atom is -0.477 e. The van der Waals surface area contributed by atoms with Gasteiger partial charge in [-0.1, -0.05) is 18.2 Å². The second kappa shape index (κ2) is 10.5. The number of ether oxygens (including phenoxy) is 1. The van der Waals surface area contributed by atoms with Gasteiger partial charge in [-0.3, -0.25) is 14.9 Å². The number of carbonyl (C=O) groups excluding carboxylic acids is 1. The van der Waals surface area contributed by atoms with Crippen molar-refractivity contribution in [2.45, 2.75) is 22.2 Å². The van der Waals surface area contributed by atoms with Gasteiger partial charge in [0.1, 0.15) is 10.8 Å². The summed E-state index contributed by atoms with van der Waals surface area (Å²) >= 11 is 0. The molecule has 1 saturated heterocycles. The van der Waals surface area contributed by atoms with E-state index >= 15 is 0 Å². The van der Waals surface area contributed by atoms with Crippen LogP contribution in [-0.4, -0.2) is 70.1 Å². The first-order chi connectivity index (χ1) is 17.2. The van der Waals surface area contributed by atoms with Crippen molar-refractivity contribution in [1.82, 2.24) is 4.90 Å². The molecule has 1 aliphatic heterocycles. The lowest BCUT2D eigenvalue weighted by molar-refractivity contribution is -0.386. The van der Waals surface area contributed by atoms with E-state index in [1.807, 2.05) is 35.2 Å². The zero-order valence-electron chi connectivity index (χ0n) is 18.6. The molecule has 3 rings (SSSR count). The lowest BCUT2D eigenvalue weighted by atomic mass is 10.2. The van der Waals surface area contributed by atoms with Crippen molar-refractivity contribution in [3.8, 4) is 5.75 Å². The van der Waals surface area contributed by atoms with Gasteiger partial charge in [0.15, 0.2) is 12.4 Å². The monoisotopic (exact) mass is 557 g/mol. The number of nitro benzene ring substituents is 1. The van der Waals surface area contributed by atoms with Gasteiger partial charge in [-0.25, -0.2) is 4.21 Å². The number of halogens is 7. The van der Waals surface area contributed by atoms with Crippen LogP contribution in [0.2, 0.25) is 0 Å². The van der Waals surface area contributed by atoms with E-state index < -0.39 is 61.9 Å². The van der Waals surface area contributed by atoms with Crippen molar-refractivity contribution >= 4 is 28.1 Å². The number of para-hydroxylation sites is 1. The van der Waals surface area contributed by atoms with Gasteiger partial charge >= 0.3 is 23.0 Å². The van der Waals surface area contributed by atoms with Crippen LogP contribution < -0.4 is 9.64 Å². The highest BCUT2D eigenvalue weighted by Crippen LogP contribution is 2.49. The molecule has 0 bridgehead atoms. The summed E-state index contributed by atoms with van der Waals surface area (Å²) in [6, 6.07) is 10.5. The Kier molecular flexibility index (Phi) is 8.00. The second-order valence-corrected chi connectivity index (χ2v) is 9.26. The molecule has 37 heavy (non-hydrogen) atoms. The smallest absolute Gasteiger partial charge is 0.461 e. The highest BCUT2D eigenvalue weighted by Gasteiger charge is 2.76. The molecule has 2 aromatic carbocycles. The first kappa shape index (κ1) is 28.1. The van der Waals surface area contributed by atoms with Crippen LogP contribution in [0.1, 0.15) is 0 Å². The molecule has 1 amide bonds. The molecule has 2 aromatic rings. The molecule has 0 radical (unpaired) electrons. The van der Waals surface area contributed by atoms with Crippen LogP contribution in [0, 0.1) is 10.1 Å². The summed E-state index contributed by atoms with van der Waals surface area (Å²) < 4.78 is 108. The van der Waals surface area contributed by atoms with Gasteiger partial charge in [-0.15, -0.1) is 0 Å². The van der Waals surface area contributed by atoms with Crippen LogP contribution in [0.5, 0.6) is 5.75 Å². The molecule has 0 aliphatic carbocycles. The Hall–Kier alpha value is -3.43. The van der Waals surface area contributed by atoms with E-state index in [-0.39, 0.29) is 6.07 Å². The zero-order chi connectivity index (χ0) is 27.6. The van der Waals surface area contributed by atoms with Crippen LogP contribution in [0.3, 0.4) is 0 Å².